The fourth-order valence-corrected chi connectivity index (χ4v) is 2.75. The highest BCUT2D eigenvalue weighted by Gasteiger charge is 2.20. The molecule has 8 heteroatoms. The van der Waals surface area contributed by atoms with Crippen molar-refractivity contribution in [1.82, 2.24) is 10.6 Å². The predicted octanol–water partition coefficient (Wildman–Crippen LogP) is 2.74. The zero-order valence-electron chi connectivity index (χ0n) is 13.8. The summed E-state index contributed by atoms with van der Waals surface area (Å²) in [6.07, 6.45) is -1.05. The van der Waals surface area contributed by atoms with Gasteiger partial charge in [0.15, 0.2) is 6.10 Å². The average Bonchev–Trinajstić information content (AvgIpc) is 2.48. The topological polar surface area (TPSA) is 84.5 Å². The van der Waals surface area contributed by atoms with Crippen molar-refractivity contribution >= 4 is 41.3 Å². The van der Waals surface area contributed by atoms with E-state index in [9.17, 15) is 14.4 Å². The van der Waals surface area contributed by atoms with Gasteiger partial charge >= 0.3 is 12.0 Å². The molecule has 0 heterocycles. The van der Waals surface area contributed by atoms with Crippen LogP contribution in [0.5, 0.6) is 0 Å². The Labute approximate surface area is 150 Å². The SMILES string of the molecule is CC(C)NC(=O)NC(=O)[C@@H](C)OC(=O)CSCc1ccccc1Cl. The summed E-state index contributed by atoms with van der Waals surface area (Å²) >= 11 is 7.36. The molecule has 0 fully saturated rings. The van der Waals surface area contributed by atoms with Crippen molar-refractivity contribution in [3.8, 4) is 0 Å². The van der Waals surface area contributed by atoms with Gasteiger partial charge in [0.25, 0.3) is 5.91 Å². The molecule has 6 nitrogen and oxygen atoms in total. The molecule has 0 unspecified atom stereocenters. The number of halogens is 1. The fourth-order valence-electron chi connectivity index (χ4n) is 1.66. The van der Waals surface area contributed by atoms with Crippen molar-refractivity contribution in [3.05, 3.63) is 34.9 Å². The Hall–Kier alpha value is -1.73. The summed E-state index contributed by atoms with van der Waals surface area (Å²) in [6, 6.07) is 6.65. The van der Waals surface area contributed by atoms with Crippen LogP contribution in [-0.4, -0.2) is 35.8 Å². The zero-order valence-corrected chi connectivity index (χ0v) is 15.4. The van der Waals surface area contributed by atoms with Crippen LogP contribution in [0.3, 0.4) is 0 Å². The van der Waals surface area contributed by atoms with E-state index in [1.807, 2.05) is 18.2 Å². The fraction of sp³-hybridized carbons (Fsp3) is 0.438. The number of amides is 3. The number of benzene rings is 1. The van der Waals surface area contributed by atoms with Gasteiger partial charge in [0.1, 0.15) is 0 Å². The van der Waals surface area contributed by atoms with Crippen LogP contribution in [0.25, 0.3) is 0 Å². The van der Waals surface area contributed by atoms with Gasteiger partial charge in [-0.25, -0.2) is 4.79 Å². The maximum atomic E-state index is 11.7. The van der Waals surface area contributed by atoms with Crippen LogP contribution in [0.4, 0.5) is 4.79 Å². The van der Waals surface area contributed by atoms with E-state index < -0.39 is 24.0 Å². The molecule has 24 heavy (non-hydrogen) atoms. The van der Waals surface area contributed by atoms with Crippen molar-refractivity contribution < 1.29 is 19.1 Å². The van der Waals surface area contributed by atoms with Gasteiger partial charge in [-0.2, -0.15) is 0 Å². The molecule has 0 aliphatic heterocycles. The third-order valence-electron chi connectivity index (χ3n) is 2.77. The molecule has 0 aliphatic carbocycles. The Morgan fingerprint density at radius 3 is 2.50 bits per heavy atom. The average molecular weight is 373 g/mol. The monoisotopic (exact) mass is 372 g/mol. The van der Waals surface area contributed by atoms with Crippen molar-refractivity contribution in [3.63, 3.8) is 0 Å². The summed E-state index contributed by atoms with van der Waals surface area (Å²) in [4.78, 5) is 34.9. The van der Waals surface area contributed by atoms with Crippen LogP contribution in [0.15, 0.2) is 24.3 Å². The van der Waals surface area contributed by atoms with Crippen molar-refractivity contribution in [2.75, 3.05) is 5.75 Å². The van der Waals surface area contributed by atoms with E-state index in [4.69, 9.17) is 16.3 Å². The number of urea groups is 1. The van der Waals surface area contributed by atoms with Gasteiger partial charge in [-0.05, 0) is 32.4 Å². The number of rotatable bonds is 7. The first-order chi connectivity index (χ1) is 11.3. The number of hydrogen-bond acceptors (Lipinski definition) is 5. The molecule has 0 aliphatic rings. The van der Waals surface area contributed by atoms with Crippen LogP contribution in [0, 0.1) is 0 Å². The first kappa shape index (κ1) is 20.3. The van der Waals surface area contributed by atoms with Crippen molar-refractivity contribution in [2.45, 2.75) is 38.7 Å². The molecule has 0 saturated heterocycles. The Kier molecular flexibility index (Phi) is 8.63. The van der Waals surface area contributed by atoms with Crippen molar-refractivity contribution in [2.24, 2.45) is 0 Å². The third kappa shape index (κ3) is 7.70. The minimum absolute atomic E-state index is 0.0844. The number of carbonyl (C=O) groups excluding carboxylic acids is 3. The maximum Gasteiger partial charge on any atom is 0.321 e. The Balaban J connectivity index is 2.32. The number of nitrogens with one attached hydrogen (secondary N) is 2. The highest BCUT2D eigenvalue weighted by molar-refractivity contribution is 7.99. The van der Waals surface area contributed by atoms with Gasteiger partial charge in [-0.1, -0.05) is 29.8 Å². The summed E-state index contributed by atoms with van der Waals surface area (Å²) in [5.41, 5.74) is 0.924. The standard InChI is InChI=1S/C16H21ClN2O4S/c1-10(2)18-16(22)19-15(21)11(3)23-14(20)9-24-8-12-6-4-5-7-13(12)17/h4-7,10-11H,8-9H2,1-3H3,(H2,18,19,21,22)/t11-/m1/s1. The van der Waals surface area contributed by atoms with Crippen LogP contribution >= 0.6 is 23.4 Å². The molecule has 132 valence electrons. The van der Waals surface area contributed by atoms with Crippen LogP contribution in [0.2, 0.25) is 5.02 Å². The number of esters is 1. The molecular formula is C16H21ClN2O4S. The highest BCUT2D eigenvalue weighted by atomic mass is 35.5. The van der Waals surface area contributed by atoms with Crippen LogP contribution in [0.1, 0.15) is 26.3 Å². The first-order valence-electron chi connectivity index (χ1n) is 7.41. The molecule has 1 rings (SSSR count). The summed E-state index contributed by atoms with van der Waals surface area (Å²) in [5, 5.41) is 5.27. The smallest absolute Gasteiger partial charge is 0.321 e. The summed E-state index contributed by atoms with van der Waals surface area (Å²) in [5.74, 6) is -0.552. The number of thioether (sulfide) groups is 1. The summed E-state index contributed by atoms with van der Waals surface area (Å²) in [7, 11) is 0. The number of hydrogen-bond donors (Lipinski definition) is 2. The summed E-state index contributed by atoms with van der Waals surface area (Å²) in [6.45, 7) is 4.95. The molecule has 0 spiro atoms. The van der Waals surface area contributed by atoms with Gasteiger partial charge in [0.05, 0.1) is 5.75 Å². The van der Waals surface area contributed by atoms with Crippen LogP contribution < -0.4 is 10.6 Å². The van der Waals surface area contributed by atoms with Gasteiger partial charge in [0, 0.05) is 16.8 Å². The van der Waals surface area contributed by atoms with E-state index in [1.54, 1.807) is 19.9 Å². The van der Waals surface area contributed by atoms with E-state index in [2.05, 4.69) is 10.6 Å². The van der Waals surface area contributed by atoms with E-state index in [0.29, 0.717) is 10.8 Å². The molecular weight excluding hydrogens is 352 g/mol. The van der Waals surface area contributed by atoms with E-state index in [1.165, 1.54) is 18.7 Å². The number of carbonyl (C=O) groups is 3. The normalized spacial score (nSPS) is 11.7. The third-order valence-corrected chi connectivity index (χ3v) is 4.09. The molecule has 3 amide bonds. The van der Waals surface area contributed by atoms with Crippen molar-refractivity contribution in [1.29, 1.82) is 0 Å². The largest absolute Gasteiger partial charge is 0.452 e. The molecule has 0 aromatic heterocycles. The maximum absolute atomic E-state index is 11.7. The highest BCUT2D eigenvalue weighted by Crippen LogP contribution is 2.20. The number of ether oxygens (including phenoxy) is 1. The summed E-state index contributed by atoms with van der Waals surface area (Å²) < 4.78 is 5.00. The van der Waals surface area contributed by atoms with E-state index in [0.717, 1.165) is 5.56 Å². The second kappa shape index (κ2) is 10.2. The second-order valence-corrected chi connectivity index (χ2v) is 6.73. The van der Waals surface area contributed by atoms with Gasteiger partial charge < -0.3 is 10.1 Å². The molecule has 0 radical (unpaired) electrons. The van der Waals surface area contributed by atoms with Crippen LogP contribution in [-0.2, 0) is 20.1 Å². The lowest BCUT2D eigenvalue weighted by atomic mass is 10.2. The Morgan fingerprint density at radius 1 is 1.21 bits per heavy atom. The lowest BCUT2D eigenvalue weighted by molar-refractivity contribution is -0.151. The van der Waals surface area contributed by atoms with Gasteiger partial charge in [0.2, 0.25) is 0 Å². The minimum Gasteiger partial charge on any atom is -0.452 e. The Morgan fingerprint density at radius 2 is 1.88 bits per heavy atom. The first-order valence-corrected chi connectivity index (χ1v) is 8.95. The quantitative estimate of drug-likeness (QED) is 0.719. The van der Waals surface area contributed by atoms with Gasteiger partial charge in [-0.3, -0.25) is 14.9 Å². The minimum atomic E-state index is -1.05. The van der Waals surface area contributed by atoms with Gasteiger partial charge in [-0.15, -0.1) is 11.8 Å². The second-order valence-electron chi connectivity index (χ2n) is 5.33. The predicted molar refractivity (Wildman–Crippen MR) is 95.0 cm³/mol. The van der Waals surface area contributed by atoms with E-state index in [-0.39, 0.29) is 11.8 Å². The number of imide groups is 1. The molecule has 1 atom stereocenters. The molecule has 0 bridgehead atoms. The molecule has 1 aromatic carbocycles. The Bertz CT molecular complexity index is 595. The zero-order chi connectivity index (χ0) is 18.1. The van der Waals surface area contributed by atoms with E-state index >= 15 is 0 Å². The lowest BCUT2D eigenvalue weighted by Gasteiger charge is -2.14. The molecule has 0 saturated carbocycles. The molecule has 2 N–H and O–H groups in total. The molecule has 1 aromatic rings. The lowest BCUT2D eigenvalue weighted by Crippen LogP contribution is -2.46.